The van der Waals surface area contributed by atoms with Gasteiger partial charge in [0.2, 0.25) is 5.91 Å². The molecule has 0 bridgehead atoms. The summed E-state index contributed by atoms with van der Waals surface area (Å²) < 4.78 is 6.54. The van der Waals surface area contributed by atoms with Crippen molar-refractivity contribution in [3.8, 4) is 5.75 Å². The second-order valence-electron chi connectivity index (χ2n) is 6.46. The molecule has 0 aliphatic carbocycles. The van der Waals surface area contributed by atoms with Crippen LogP contribution in [-0.4, -0.2) is 23.5 Å². The molecule has 0 spiro atoms. The first-order chi connectivity index (χ1) is 13.5. The van der Waals surface area contributed by atoms with E-state index in [9.17, 15) is 9.59 Å². The number of nitrogens with one attached hydrogen (secondary N) is 3. The van der Waals surface area contributed by atoms with Crippen LogP contribution in [0.3, 0.4) is 0 Å². The van der Waals surface area contributed by atoms with Crippen LogP contribution in [-0.2, 0) is 4.79 Å². The lowest BCUT2D eigenvalue weighted by Gasteiger charge is -2.14. The molecule has 0 aromatic heterocycles. The van der Waals surface area contributed by atoms with E-state index in [1.807, 2.05) is 6.07 Å². The van der Waals surface area contributed by atoms with Crippen molar-refractivity contribution in [1.82, 2.24) is 16.2 Å². The summed E-state index contributed by atoms with van der Waals surface area (Å²) >= 11 is 8.46. The fourth-order valence-corrected chi connectivity index (χ4v) is 2.95. The second-order valence-corrected chi connectivity index (χ2v) is 7.79. The summed E-state index contributed by atoms with van der Waals surface area (Å²) in [4.78, 5) is 24.3. The molecule has 1 aromatic rings. The molecule has 0 heterocycles. The molecule has 6 nitrogen and oxygen atoms in total. The first-order valence-electron chi connectivity index (χ1n) is 9.80. The molecule has 0 radical (unpaired) electrons. The van der Waals surface area contributed by atoms with Crippen molar-refractivity contribution >= 4 is 45.1 Å². The third kappa shape index (κ3) is 10.0. The minimum Gasteiger partial charge on any atom is -0.493 e. The van der Waals surface area contributed by atoms with Gasteiger partial charge in [-0.3, -0.25) is 25.8 Å². The highest BCUT2D eigenvalue weighted by molar-refractivity contribution is 9.10. The van der Waals surface area contributed by atoms with Gasteiger partial charge in [0, 0.05) is 10.9 Å². The van der Waals surface area contributed by atoms with Gasteiger partial charge in [-0.1, -0.05) is 61.9 Å². The fourth-order valence-electron chi connectivity index (χ4n) is 2.44. The van der Waals surface area contributed by atoms with Gasteiger partial charge in [0.05, 0.1) is 12.2 Å². The van der Waals surface area contributed by atoms with E-state index in [0.29, 0.717) is 24.3 Å². The van der Waals surface area contributed by atoms with E-state index in [-0.39, 0.29) is 11.0 Å². The van der Waals surface area contributed by atoms with E-state index in [1.54, 1.807) is 12.1 Å². The molecule has 28 heavy (non-hydrogen) atoms. The zero-order valence-electron chi connectivity index (χ0n) is 16.6. The Hall–Kier alpha value is -1.67. The summed E-state index contributed by atoms with van der Waals surface area (Å²) in [5.74, 6) is -0.0604. The molecule has 0 aliphatic rings. The molecule has 1 aromatic carbocycles. The third-order valence-corrected chi connectivity index (χ3v) is 4.69. The van der Waals surface area contributed by atoms with Gasteiger partial charge in [0.15, 0.2) is 5.11 Å². The number of benzene rings is 1. The van der Waals surface area contributed by atoms with Crippen LogP contribution in [0.2, 0.25) is 0 Å². The molecule has 3 N–H and O–H groups in total. The van der Waals surface area contributed by atoms with Crippen molar-refractivity contribution < 1.29 is 14.3 Å². The molecule has 0 saturated heterocycles. The lowest BCUT2D eigenvalue weighted by Crippen LogP contribution is -2.48. The number of unbranched alkanes of at least 4 members (excludes halogenated alkanes) is 5. The van der Waals surface area contributed by atoms with E-state index in [4.69, 9.17) is 17.0 Å². The first-order valence-corrected chi connectivity index (χ1v) is 11.0. The molecule has 0 unspecified atom stereocenters. The number of carbonyl (C=O) groups is 2. The maximum Gasteiger partial charge on any atom is 0.261 e. The number of amides is 2. The summed E-state index contributed by atoms with van der Waals surface area (Å²) in [6, 6.07) is 5.26. The van der Waals surface area contributed by atoms with Crippen LogP contribution < -0.4 is 20.9 Å². The maximum absolute atomic E-state index is 12.6. The van der Waals surface area contributed by atoms with Gasteiger partial charge in [0.1, 0.15) is 5.75 Å². The first kappa shape index (κ1) is 24.4. The van der Waals surface area contributed by atoms with Crippen LogP contribution in [0.1, 0.15) is 75.6 Å². The standard InChI is InChI=1S/C20H30BrN3O3S/c1-3-5-7-9-13-27-17-12-11-15(21)14-16(17)19(26)22-20(28)24-23-18(25)10-8-6-4-2/h11-12,14H,3-10,13H2,1-2H3,(H,23,25)(H2,22,24,26,28). The van der Waals surface area contributed by atoms with Crippen molar-refractivity contribution in [2.24, 2.45) is 0 Å². The number of halogens is 1. The Kier molecular flexibility index (Phi) is 12.5. The summed E-state index contributed by atoms with van der Waals surface area (Å²) in [6.45, 7) is 4.78. The number of hydrogen-bond acceptors (Lipinski definition) is 4. The molecule has 1 rings (SSSR count). The van der Waals surface area contributed by atoms with E-state index in [1.165, 1.54) is 6.42 Å². The van der Waals surface area contributed by atoms with Crippen LogP contribution in [0.5, 0.6) is 5.75 Å². The van der Waals surface area contributed by atoms with Gasteiger partial charge in [-0.2, -0.15) is 0 Å². The summed E-state index contributed by atoms with van der Waals surface area (Å²) in [5, 5.41) is 2.59. The number of rotatable bonds is 11. The van der Waals surface area contributed by atoms with Crippen LogP contribution in [0.25, 0.3) is 0 Å². The van der Waals surface area contributed by atoms with Gasteiger partial charge in [-0.25, -0.2) is 0 Å². The molecule has 0 aliphatic heterocycles. The molecule has 0 saturated carbocycles. The molecule has 0 fully saturated rings. The largest absolute Gasteiger partial charge is 0.493 e. The Bertz CT molecular complexity index is 656. The predicted octanol–water partition coefficient (Wildman–Crippen LogP) is 4.62. The normalized spacial score (nSPS) is 10.2. The molecule has 8 heteroatoms. The van der Waals surface area contributed by atoms with E-state index >= 15 is 0 Å². The summed E-state index contributed by atoms with van der Waals surface area (Å²) in [5.41, 5.74) is 5.43. The zero-order chi connectivity index (χ0) is 20.8. The van der Waals surface area contributed by atoms with Crippen LogP contribution in [0.15, 0.2) is 22.7 Å². The van der Waals surface area contributed by atoms with Gasteiger partial charge in [-0.05, 0) is 43.3 Å². The number of thiocarbonyl (C=S) groups is 1. The zero-order valence-corrected chi connectivity index (χ0v) is 19.0. The van der Waals surface area contributed by atoms with E-state index in [0.717, 1.165) is 43.0 Å². The highest BCUT2D eigenvalue weighted by atomic mass is 79.9. The van der Waals surface area contributed by atoms with Crippen molar-refractivity contribution in [3.63, 3.8) is 0 Å². The Morgan fingerprint density at radius 2 is 1.75 bits per heavy atom. The quantitative estimate of drug-likeness (QED) is 0.249. The highest BCUT2D eigenvalue weighted by Gasteiger charge is 2.15. The number of hydrogen-bond donors (Lipinski definition) is 3. The molecule has 0 atom stereocenters. The fraction of sp³-hybridized carbons (Fsp3) is 0.550. The second kappa shape index (κ2) is 14.3. The third-order valence-electron chi connectivity index (χ3n) is 3.99. The minimum absolute atomic E-state index is 0.0303. The molecule has 156 valence electrons. The van der Waals surface area contributed by atoms with Crippen molar-refractivity contribution in [2.45, 2.75) is 65.2 Å². The summed E-state index contributed by atoms with van der Waals surface area (Å²) in [7, 11) is 0. The van der Waals surface area contributed by atoms with Gasteiger partial charge < -0.3 is 4.74 Å². The number of hydrazine groups is 1. The van der Waals surface area contributed by atoms with Crippen LogP contribution in [0, 0.1) is 0 Å². The lowest BCUT2D eigenvalue weighted by atomic mass is 10.2. The average Bonchev–Trinajstić information content (AvgIpc) is 2.67. The van der Waals surface area contributed by atoms with Gasteiger partial charge in [0.25, 0.3) is 5.91 Å². The van der Waals surface area contributed by atoms with Crippen molar-refractivity contribution in [2.75, 3.05) is 6.61 Å². The monoisotopic (exact) mass is 471 g/mol. The maximum atomic E-state index is 12.6. The highest BCUT2D eigenvalue weighted by Crippen LogP contribution is 2.23. The Labute approximate surface area is 181 Å². The number of ether oxygens (including phenoxy) is 1. The summed E-state index contributed by atoms with van der Waals surface area (Å²) in [6.07, 6.45) is 7.64. The number of carbonyl (C=O) groups excluding carboxylic acids is 2. The van der Waals surface area contributed by atoms with E-state index in [2.05, 4.69) is 45.9 Å². The lowest BCUT2D eigenvalue weighted by molar-refractivity contribution is -0.121. The molecular formula is C20H30BrN3O3S. The molecular weight excluding hydrogens is 442 g/mol. The van der Waals surface area contributed by atoms with Crippen LogP contribution in [0.4, 0.5) is 0 Å². The SMILES string of the molecule is CCCCCCOc1ccc(Br)cc1C(=O)NC(=S)NNC(=O)CCCCC. The van der Waals surface area contributed by atoms with Gasteiger partial charge >= 0.3 is 0 Å². The minimum atomic E-state index is -0.400. The smallest absolute Gasteiger partial charge is 0.261 e. The van der Waals surface area contributed by atoms with Gasteiger partial charge in [-0.15, -0.1) is 0 Å². The van der Waals surface area contributed by atoms with Crippen molar-refractivity contribution in [3.05, 3.63) is 28.2 Å². The predicted molar refractivity (Wildman–Crippen MR) is 119 cm³/mol. The average molecular weight is 472 g/mol. The van der Waals surface area contributed by atoms with Crippen molar-refractivity contribution in [1.29, 1.82) is 0 Å². The van der Waals surface area contributed by atoms with Crippen LogP contribution >= 0.6 is 28.1 Å². The Balaban J connectivity index is 2.54. The topological polar surface area (TPSA) is 79.5 Å². The van der Waals surface area contributed by atoms with E-state index < -0.39 is 5.91 Å². The molecule has 2 amide bonds. The Morgan fingerprint density at radius 1 is 1.04 bits per heavy atom. The Morgan fingerprint density at radius 3 is 2.46 bits per heavy atom.